The summed E-state index contributed by atoms with van der Waals surface area (Å²) in [6.07, 6.45) is 0.915. The summed E-state index contributed by atoms with van der Waals surface area (Å²) in [7, 11) is 0. The number of anilines is 1. The van der Waals surface area contributed by atoms with Crippen LogP contribution in [0, 0.1) is 17.1 Å². The first-order valence-electron chi connectivity index (χ1n) is 7.32. The number of hydrogen-bond acceptors (Lipinski definition) is 4. The van der Waals surface area contributed by atoms with Crippen molar-refractivity contribution in [1.82, 2.24) is 4.90 Å². The molecule has 1 heterocycles. The van der Waals surface area contributed by atoms with Gasteiger partial charge >= 0.3 is 0 Å². The van der Waals surface area contributed by atoms with Gasteiger partial charge in [-0.2, -0.15) is 5.26 Å². The molecule has 0 bridgehead atoms. The fourth-order valence-electron chi connectivity index (χ4n) is 2.56. The van der Waals surface area contributed by atoms with Crippen molar-refractivity contribution in [3.8, 4) is 6.07 Å². The zero-order valence-electron chi connectivity index (χ0n) is 12.3. The number of ketones is 1. The second-order valence-corrected chi connectivity index (χ2v) is 5.18. The summed E-state index contributed by atoms with van der Waals surface area (Å²) in [5.74, 6) is -0.374. The number of benzene rings is 1. The van der Waals surface area contributed by atoms with E-state index >= 15 is 0 Å². The van der Waals surface area contributed by atoms with Gasteiger partial charge in [0.1, 0.15) is 5.82 Å². The molecule has 2 rings (SSSR count). The number of hydrogen-bond donors (Lipinski definition) is 0. The van der Waals surface area contributed by atoms with Crippen molar-refractivity contribution in [2.24, 2.45) is 0 Å². The van der Waals surface area contributed by atoms with Gasteiger partial charge in [0.15, 0.2) is 5.78 Å². The number of Topliss-reactive ketones (excluding diaryl/α,β-unsaturated/α-hetero) is 1. The summed E-state index contributed by atoms with van der Waals surface area (Å²) < 4.78 is 14.2. The van der Waals surface area contributed by atoms with Crippen molar-refractivity contribution < 1.29 is 9.18 Å². The highest BCUT2D eigenvalue weighted by atomic mass is 19.1. The minimum Gasteiger partial charge on any atom is -0.367 e. The predicted octanol–water partition coefficient (Wildman–Crippen LogP) is 2.45. The van der Waals surface area contributed by atoms with E-state index in [2.05, 4.69) is 11.0 Å². The van der Waals surface area contributed by atoms with Gasteiger partial charge in [-0.05, 0) is 18.2 Å². The molecule has 0 spiro atoms. The molecule has 0 atom stereocenters. The Morgan fingerprint density at radius 3 is 2.62 bits per heavy atom. The second-order valence-electron chi connectivity index (χ2n) is 5.18. The number of carbonyl (C=O) groups is 1. The normalized spacial score (nSPS) is 15.8. The predicted molar refractivity (Wildman–Crippen MR) is 79.9 cm³/mol. The van der Waals surface area contributed by atoms with Crippen LogP contribution < -0.4 is 4.90 Å². The van der Waals surface area contributed by atoms with Crippen molar-refractivity contribution >= 4 is 11.5 Å². The van der Waals surface area contributed by atoms with E-state index in [-0.39, 0.29) is 11.6 Å². The third kappa shape index (κ3) is 3.79. The molecule has 0 radical (unpaired) electrons. The first-order valence-corrected chi connectivity index (χ1v) is 7.32. The Hall–Kier alpha value is -1.93. The minimum absolute atomic E-state index is 0.0400. The molecule has 0 saturated carbocycles. The highest BCUT2D eigenvalue weighted by molar-refractivity contribution is 5.96. The average Bonchev–Trinajstić information content (AvgIpc) is 2.52. The van der Waals surface area contributed by atoms with Gasteiger partial charge in [-0.25, -0.2) is 4.39 Å². The summed E-state index contributed by atoms with van der Waals surface area (Å²) in [5.41, 5.74) is 0.994. The summed E-state index contributed by atoms with van der Waals surface area (Å²) in [5, 5.41) is 8.59. The quantitative estimate of drug-likeness (QED) is 0.781. The fraction of sp³-hybridized carbons (Fsp3) is 0.500. The standard InChI is InChI=1S/C16H20FN3O/c1-2-16(21)13-4-5-15(14(17)12-13)20-10-8-19(9-11-20)7-3-6-18/h4-5,12H,2-3,7-11H2,1H3. The lowest BCUT2D eigenvalue weighted by Gasteiger charge is -2.35. The molecule has 1 aliphatic heterocycles. The van der Waals surface area contributed by atoms with Crippen LogP contribution in [0.25, 0.3) is 0 Å². The molecular weight excluding hydrogens is 269 g/mol. The largest absolute Gasteiger partial charge is 0.367 e. The van der Waals surface area contributed by atoms with Crippen molar-refractivity contribution in [3.63, 3.8) is 0 Å². The van der Waals surface area contributed by atoms with E-state index in [0.717, 1.165) is 32.7 Å². The monoisotopic (exact) mass is 289 g/mol. The fourth-order valence-corrected chi connectivity index (χ4v) is 2.56. The van der Waals surface area contributed by atoms with Gasteiger partial charge < -0.3 is 4.90 Å². The lowest BCUT2D eigenvalue weighted by Crippen LogP contribution is -2.46. The van der Waals surface area contributed by atoms with Gasteiger partial charge in [0.25, 0.3) is 0 Å². The van der Waals surface area contributed by atoms with Gasteiger partial charge in [-0.3, -0.25) is 9.69 Å². The molecule has 5 heteroatoms. The molecule has 1 fully saturated rings. The van der Waals surface area contributed by atoms with Crippen LogP contribution in [0.4, 0.5) is 10.1 Å². The first-order chi connectivity index (χ1) is 10.2. The summed E-state index contributed by atoms with van der Waals surface area (Å²) >= 11 is 0. The van der Waals surface area contributed by atoms with Crippen LogP contribution in [-0.4, -0.2) is 43.4 Å². The van der Waals surface area contributed by atoms with Crippen LogP contribution in [0.15, 0.2) is 18.2 Å². The maximum atomic E-state index is 14.2. The SMILES string of the molecule is CCC(=O)c1ccc(N2CCN(CCC#N)CC2)c(F)c1. The molecule has 1 aromatic rings. The molecule has 4 nitrogen and oxygen atoms in total. The van der Waals surface area contributed by atoms with Crippen molar-refractivity contribution in [3.05, 3.63) is 29.6 Å². The number of nitriles is 1. The molecule has 0 unspecified atom stereocenters. The van der Waals surface area contributed by atoms with Crippen molar-refractivity contribution in [2.45, 2.75) is 19.8 Å². The van der Waals surface area contributed by atoms with E-state index < -0.39 is 0 Å². The van der Waals surface area contributed by atoms with Crippen LogP contribution in [0.1, 0.15) is 30.1 Å². The molecule has 0 aliphatic carbocycles. The number of nitrogens with zero attached hydrogens (tertiary/aromatic N) is 3. The Balaban J connectivity index is 2.00. The van der Waals surface area contributed by atoms with Gasteiger partial charge in [0.05, 0.1) is 11.8 Å². The number of halogens is 1. The molecule has 21 heavy (non-hydrogen) atoms. The Labute approximate surface area is 124 Å². The Bertz CT molecular complexity index is 545. The van der Waals surface area contributed by atoms with Gasteiger partial charge in [0.2, 0.25) is 0 Å². The molecule has 0 N–H and O–H groups in total. The smallest absolute Gasteiger partial charge is 0.162 e. The lowest BCUT2D eigenvalue weighted by atomic mass is 10.1. The first kappa shape index (κ1) is 15.5. The zero-order valence-corrected chi connectivity index (χ0v) is 12.3. The van der Waals surface area contributed by atoms with E-state index in [1.54, 1.807) is 19.1 Å². The molecule has 112 valence electrons. The third-order valence-electron chi connectivity index (χ3n) is 3.84. The van der Waals surface area contributed by atoms with Gasteiger partial charge in [-0.1, -0.05) is 6.92 Å². The summed E-state index contributed by atoms with van der Waals surface area (Å²) in [4.78, 5) is 15.8. The Morgan fingerprint density at radius 1 is 1.33 bits per heavy atom. The number of piperazine rings is 1. The van der Waals surface area contributed by atoms with Crippen LogP contribution in [0.2, 0.25) is 0 Å². The molecule has 0 aromatic heterocycles. The highest BCUT2D eigenvalue weighted by Crippen LogP contribution is 2.22. The Kier molecular flexibility index (Phi) is 5.29. The average molecular weight is 289 g/mol. The van der Waals surface area contributed by atoms with Crippen LogP contribution >= 0.6 is 0 Å². The Morgan fingerprint density at radius 2 is 2.05 bits per heavy atom. The van der Waals surface area contributed by atoms with Crippen molar-refractivity contribution in [1.29, 1.82) is 5.26 Å². The van der Waals surface area contributed by atoms with Gasteiger partial charge in [0, 0.05) is 51.1 Å². The molecule has 0 amide bonds. The highest BCUT2D eigenvalue weighted by Gasteiger charge is 2.19. The molecular formula is C16H20FN3O. The second kappa shape index (κ2) is 7.19. The van der Waals surface area contributed by atoms with E-state index in [1.165, 1.54) is 6.07 Å². The third-order valence-corrected chi connectivity index (χ3v) is 3.84. The van der Waals surface area contributed by atoms with E-state index in [0.29, 0.717) is 24.1 Å². The van der Waals surface area contributed by atoms with Crippen LogP contribution in [0.3, 0.4) is 0 Å². The molecule has 1 aromatic carbocycles. The topological polar surface area (TPSA) is 47.3 Å². The minimum atomic E-state index is -0.334. The molecule has 1 saturated heterocycles. The van der Waals surface area contributed by atoms with E-state index in [4.69, 9.17) is 5.26 Å². The number of rotatable bonds is 5. The van der Waals surface area contributed by atoms with E-state index in [9.17, 15) is 9.18 Å². The zero-order chi connectivity index (χ0) is 15.2. The molecule has 1 aliphatic rings. The maximum Gasteiger partial charge on any atom is 0.162 e. The summed E-state index contributed by atoms with van der Waals surface area (Å²) in [6.45, 7) is 5.69. The van der Waals surface area contributed by atoms with E-state index in [1.807, 2.05) is 4.90 Å². The van der Waals surface area contributed by atoms with Crippen LogP contribution in [0.5, 0.6) is 0 Å². The van der Waals surface area contributed by atoms with Gasteiger partial charge in [-0.15, -0.1) is 0 Å². The van der Waals surface area contributed by atoms with Crippen molar-refractivity contribution in [2.75, 3.05) is 37.6 Å². The lowest BCUT2D eigenvalue weighted by molar-refractivity contribution is 0.0987. The van der Waals surface area contributed by atoms with Crippen LogP contribution in [-0.2, 0) is 0 Å². The number of carbonyl (C=O) groups excluding carboxylic acids is 1. The summed E-state index contributed by atoms with van der Waals surface area (Å²) in [6, 6.07) is 6.88. The maximum absolute atomic E-state index is 14.2.